The normalized spacial score (nSPS) is 14.8. The van der Waals surface area contributed by atoms with Gasteiger partial charge in [0.05, 0.1) is 18.8 Å². The lowest BCUT2D eigenvalue weighted by atomic mass is 9.92. The summed E-state index contributed by atoms with van der Waals surface area (Å²) in [6.45, 7) is 2.37. The van der Waals surface area contributed by atoms with E-state index in [0.717, 1.165) is 42.4 Å². The predicted octanol–water partition coefficient (Wildman–Crippen LogP) is 3.37. The zero-order valence-corrected chi connectivity index (χ0v) is 17.5. The molecule has 8 nitrogen and oxygen atoms in total. The lowest BCUT2D eigenvalue weighted by molar-refractivity contribution is 0.591. The van der Waals surface area contributed by atoms with Gasteiger partial charge in [-0.15, -0.1) is 0 Å². The van der Waals surface area contributed by atoms with Gasteiger partial charge in [0.25, 0.3) is 5.56 Å². The van der Waals surface area contributed by atoms with Crippen LogP contribution >= 0.6 is 0 Å². The van der Waals surface area contributed by atoms with Crippen molar-refractivity contribution in [1.29, 1.82) is 5.26 Å². The van der Waals surface area contributed by atoms with E-state index in [0.29, 0.717) is 12.4 Å². The summed E-state index contributed by atoms with van der Waals surface area (Å²) < 4.78 is 1.54. The molecule has 0 bridgehead atoms. The minimum atomic E-state index is -0.274. The van der Waals surface area contributed by atoms with E-state index in [9.17, 15) is 10.1 Å². The van der Waals surface area contributed by atoms with Crippen LogP contribution in [0.2, 0.25) is 0 Å². The van der Waals surface area contributed by atoms with Crippen molar-refractivity contribution in [3.63, 3.8) is 0 Å². The highest BCUT2D eigenvalue weighted by Crippen LogP contribution is 2.36. The molecule has 4 rings (SSSR count). The fraction of sp³-hybridized carbons (Fsp3) is 0.348. The van der Waals surface area contributed by atoms with Gasteiger partial charge in [-0.3, -0.25) is 4.79 Å². The Labute approximate surface area is 180 Å². The van der Waals surface area contributed by atoms with Crippen molar-refractivity contribution in [3.05, 3.63) is 75.5 Å². The van der Waals surface area contributed by atoms with Crippen LogP contribution in [0.15, 0.2) is 47.7 Å². The molecule has 1 aliphatic rings. The average molecular weight is 416 g/mol. The summed E-state index contributed by atoms with van der Waals surface area (Å²) in [4.78, 5) is 21.5. The Bertz CT molecular complexity index is 1160. The fourth-order valence-corrected chi connectivity index (χ4v) is 4.26. The fourth-order valence-electron chi connectivity index (χ4n) is 4.26. The monoisotopic (exact) mass is 415 g/mol. The summed E-state index contributed by atoms with van der Waals surface area (Å²) in [6.07, 6.45) is 7.31. The largest absolute Gasteiger partial charge is 0.382 e. The summed E-state index contributed by atoms with van der Waals surface area (Å²) in [5, 5.41) is 17.1. The Balaban J connectivity index is 1.71. The number of nitrogens with zero attached hydrogens (tertiary/aromatic N) is 5. The summed E-state index contributed by atoms with van der Waals surface area (Å²) in [6, 6.07) is 11.6. The van der Waals surface area contributed by atoms with Crippen LogP contribution in [0, 0.1) is 11.3 Å². The van der Waals surface area contributed by atoms with Crippen molar-refractivity contribution >= 4 is 11.6 Å². The molecular formula is C23H25N7O. The van der Waals surface area contributed by atoms with Gasteiger partial charge < -0.3 is 11.1 Å². The highest BCUT2D eigenvalue weighted by molar-refractivity contribution is 5.62. The molecule has 0 radical (unpaired) electrons. The van der Waals surface area contributed by atoms with Gasteiger partial charge in [-0.25, -0.2) is 14.6 Å². The third-order valence-corrected chi connectivity index (χ3v) is 5.86. The second-order valence-electron chi connectivity index (χ2n) is 7.90. The highest BCUT2D eigenvalue weighted by Gasteiger charge is 2.27. The van der Waals surface area contributed by atoms with E-state index in [4.69, 9.17) is 5.73 Å². The number of aromatic nitrogens is 4. The van der Waals surface area contributed by atoms with Crippen molar-refractivity contribution in [2.24, 2.45) is 0 Å². The Hall–Kier alpha value is -3.73. The van der Waals surface area contributed by atoms with Crippen LogP contribution in [0.5, 0.6) is 0 Å². The first kappa shape index (κ1) is 20.5. The lowest BCUT2D eigenvalue weighted by Gasteiger charge is -2.22. The molecule has 1 aromatic carbocycles. The molecule has 1 unspecified atom stereocenters. The quantitative estimate of drug-likeness (QED) is 0.633. The van der Waals surface area contributed by atoms with E-state index in [1.54, 1.807) is 10.9 Å². The molecule has 3 aromatic rings. The molecular weight excluding hydrogens is 390 g/mol. The van der Waals surface area contributed by atoms with E-state index in [1.807, 2.05) is 43.3 Å². The van der Waals surface area contributed by atoms with Crippen LogP contribution in [-0.4, -0.2) is 19.7 Å². The lowest BCUT2D eigenvalue weighted by Crippen LogP contribution is -2.31. The van der Waals surface area contributed by atoms with Crippen molar-refractivity contribution in [1.82, 2.24) is 19.7 Å². The van der Waals surface area contributed by atoms with Gasteiger partial charge in [0.2, 0.25) is 0 Å². The maximum Gasteiger partial charge on any atom is 0.270 e. The molecule has 0 spiro atoms. The minimum absolute atomic E-state index is 0.0513. The Morgan fingerprint density at radius 2 is 2.00 bits per heavy atom. The predicted molar refractivity (Wildman–Crippen MR) is 118 cm³/mol. The van der Waals surface area contributed by atoms with Gasteiger partial charge in [-0.05, 0) is 31.2 Å². The Morgan fingerprint density at radius 1 is 1.26 bits per heavy atom. The summed E-state index contributed by atoms with van der Waals surface area (Å²) in [5.74, 6) is 0.690. The Morgan fingerprint density at radius 3 is 2.71 bits per heavy atom. The van der Waals surface area contributed by atoms with Crippen LogP contribution in [0.25, 0.3) is 0 Å². The van der Waals surface area contributed by atoms with Crippen molar-refractivity contribution in [2.75, 3.05) is 11.1 Å². The van der Waals surface area contributed by atoms with Crippen molar-refractivity contribution in [2.45, 2.75) is 51.1 Å². The molecule has 0 amide bonds. The molecule has 1 aliphatic carbocycles. The third kappa shape index (κ3) is 4.26. The number of hydrogen-bond donors (Lipinski definition) is 2. The van der Waals surface area contributed by atoms with Crippen LogP contribution in [0.4, 0.5) is 11.6 Å². The number of nitrogen functional groups attached to an aromatic ring is 1. The molecule has 1 fully saturated rings. The first-order valence-corrected chi connectivity index (χ1v) is 10.5. The van der Waals surface area contributed by atoms with E-state index in [-0.39, 0.29) is 28.9 Å². The Kier molecular flexibility index (Phi) is 5.94. The molecule has 0 aliphatic heterocycles. The van der Waals surface area contributed by atoms with Crippen LogP contribution < -0.4 is 16.6 Å². The molecule has 3 N–H and O–H groups in total. The van der Waals surface area contributed by atoms with Gasteiger partial charge in [0.15, 0.2) is 0 Å². The number of hydrogen-bond acceptors (Lipinski definition) is 7. The summed E-state index contributed by atoms with van der Waals surface area (Å²) >= 11 is 0. The molecule has 2 heterocycles. The standard InChI is InChI=1S/C23H25N7O/c1-15(29-22-18(11-24)21(25)26-14-27-22)19-12-28-30(13-16-7-3-2-4-8-16)23(31)20(19)17-9-5-6-10-17/h2-4,7-8,12,14-15,17H,5-6,9-10,13H2,1H3,(H3,25,26,27,29). The van der Waals surface area contributed by atoms with E-state index in [2.05, 4.69) is 20.4 Å². The van der Waals surface area contributed by atoms with Crippen LogP contribution in [0.3, 0.4) is 0 Å². The first-order chi connectivity index (χ1) is 15.1. The molecule has 1 atom stereocenters. The first-order valence-electron chi connectivity index (χ1n) is 10.5. The van der Waals surface area contributed by atoms with E-state index < -0.39 is 0 Å². The van der Waals surface area contributed by atoms with E-state index in [1.165, 1.54) is 6.33 Å². The van der Waals surface area contributed by atoms with E-state index >= 15 is 0 Å². The molecule has 158 valence electrons. The second kappa shape index (κ2) is 8.96. The van der Waals surface area contributed by atoms with Crippen molar-refractivity contribution in [3.8, 4) is 6.07 Å². The smallest absolute Gasteiger partial charge is 0.270 e. The summed E-state index contributed by atoms with van der Waals surface area (Å²) in [5.41, 5.74) is 8.63. The zero-order chi connectivity index (χ0) is 21.8. The SMILES string of the molecule is CC(Nc1ncnc(N)c1C#N)c1cnn(Cc2ccccc2)c(=O)c1C1CCCC1. The van der Waals surface area contributed by atoms with Gasteiger partial charge >= 0.3 is 0 Å². The number of nitrogens with two attached hydrogens (primary N) is 1. The second-order valence-corrected chi connectivity index (χ2v) is 7.90. The van der Waals surface area contributed by atoms with Gasteiger partial charge in [0, 0.05) is 11.1 Å². The maximum atomic E-state index is 13.5. The highest BCUT2D eigenvalue weighted by atomic mass is 16.1. The third-order valence-electron chi connectivity index (χ3n) is 5.86. The minimum Gasteiger partial charge on any atom is -0.382 e. The molecule has 8 heteroatoms. The number of rotatable bonds is 6. The van der Waals surface area contributed by atoms with Crippen molar-refractivity contribution < 1.29 is 0 Å². The summed E-state index contributed by atoms with van der Waals surface area (Å²) in [7, 11) is 0. The number of nitriles is 1. The van der Waals surface area contributed by atoms with Gasteiger partial charge in [0.1, 0.15) is 29.6 Å². The zero-order valence-electron chi connectivity index (χ0n) is 17.5. The number of benzene rings is 1. The number of nitrogens with one attached hydrogen (secondary N) is 1. The maximum absolute atomic E-state index is 13.5. The molecule has 2 aromatic heterocycles. The van der Waals surface area contributed by atoms with Gasteiger partial charge in [-0.2, -0.15) is 10.4 Å². The van der Waals surface area contributed by atoms with Crippen LogP contribution in [0.1, 0.15) is 66.8 Å². The topological polar surface area (TPSA) is 123 Å². The molecule has 1 saturated carbocycles. The van der Waals surface area contributed by atoms with Crippen LogP contribution in [-0.2, 0) is 6.54 Å². The van der Waals surface area contributed by atoms with Gasteiger partial charge in [-0.1, -0.05) is 43.2 Å². The number of anilines is 2. The molecule has 31 heavy (non-hydrogen) atoms. The average Bonchev–Trinajstić information content (AvgIpc) is 3.30. The molecule has 0 saturated heterocycles.